The number of aromatic nitrogens is 3. The van der Waals surface area contributed by atoms with Crippen molar-refractivity contribution in [3.8, 4) is 17.2 Å². The number of benzene rings is 2. The maximum atomic E-state index is 9.28. The van der Waals surface area contributed by atoms with Gasteiger partial charge < -0.3 is 5.32 Å². The first-order valence-electron chi connectivity index (χ1n) is 8.94. The van der Waals surface area contributed by atoms with Gasteiger partial charge in [-0.15, -0.1) is 0 Å². The standard InChI is InChI=1S/C22H19N5/c1-2-19-13-21(27-12-11-24-22(27)26-19)25-15-16-7-9-17(10-8-16)20-6-4-3-5-18(20)14-23/h3-13,25H,2,15H2,1H3. The molecule has 0 aliphatic heterocycles. The molecule has 0 aliphatic carbocycles. The Hall–Kier alpha value is -3.65. The predicted octanol–water partition coefficient (Wildman–Crippen LogP) is 4.44. The van der Waals surface area contributed by atoms with Crippen LogP contribution in [0.25, 0.3) is 16.9 Å². The van der Waals surface area contributed by atoms with Crippen molar-refractivity contribution in [1.82, 2.24) is 14.4 Å². The third-order valence-corrected chi connectivity index (χ3v) is 4.58. The summed E-state index contributed by atoms with van der Waals surface area (Å²) in [7, 11) is 0. The van der Waals surface area contributed by atoms with Crippen molar-refractivity contribution in [2.75, 3.05) is 5.32 Å². The largest absolute Gasteiger partial charge is 0.367 e. The summed E-state index contributed by atoms with van der Waals surface area (Å²) in [6, 6.07) is 20.3. The molecule has 0 unspecified atom stereocenters. The lowest BCUT2D eigenvalue weighted by molar-refractivity contribution is 0.978. The number of imidazole rings is 1. The van der Waals surface area contributed by atoms with Crippen molar-refractivity contribution in [2.24, 2.45) is 0 Å². The molecule has 4 rings (SSSR count). The summed E-state index contributed by atoms with van der Waals surface area (Å²) < 4.78 is 1.96. The summed E-state index contributed by atoms with van der Waals surface area (Å²) in [6.45, 7) is 2.78. The number of rotatable bonds is 5. The van der Waals surface area contributed by atoms with Crippen LogP contribution in [0.15, 0.2) is 67.0 Å². The number of hydrogen-bond donors (Lipinski definition) is 1. The van der Waals surface area contributed by atoms with Crippen LogP contribution in [0.1, 0.15) is 23.7 Å². The zero-order chi connectivity index (χ0) is 18.6. The highest BCUT2D eigenvalue weighted by Crippen LogP contribution is 2.24. The van der Waals surface area contributed by atoms with Gasteiger partial charge in [0.2, 0.25) is 5.78 Å². The van der Waals surface area contributed by atoms with Gasteiger partial charge in [-0.05, 0) is 29.2 Å². The minimum atomic E-state index is 0.690. The van der Waals surface area contributed by atoms with Crippen LogP contribution in [0.5, 0.6) is 0 Å². The number of hydrogen-bond acceptors (Lipinski definition) is 4. The second-order valence-electron chi connectivity index (χ2n) is 6.29. The minimum Gasteiger partial charge on any atom is -0.367 e. The predicted molar refractivity (Wildman–Crippen MR) is 106 cm³/mol. The summed E-state index contributed by atoms with van der Waals surface area (Å²) in [6.07, 6.45) is 4.53. The number of nitrogens with zero attached hydrogens (tertiary/aromatic N) is 4. The maximum Gasteiger partial charge on any atom is 0.235 e. The summed E-state index contributed by atoms with van der Waals surface area (Å²) in [5.41, 5.74) is 4.87. The van der Waals surface area contributed by atoms with E-state index in [0.717, 1.165) is 34.6 Å². The van der Waals surface area contributed by atoms with Gasteiger partial charge in [0.1, 0.15) is 5.82 Å². The molecule has 0 aliphatic rings. The SMILES string of the molecule is CCc1cc(NCc2ccc(-c3ccccc3C#N)cc2)n2ccnc2n1. The Balaban J connectivity index is 1.55. The van der Waals surface area contributed by atoms with Crippen LogP contribution in [-0.4, -0.2) is 14.4 Å². The van der Waals surface area contributed by atoms with E-state index in [2.05, 4.69) is 58.6 Å². The Labute approximate surface area is 158 Å². The van der Waals surface area contributed by atoms with Crippen molar-refractivity contribution >= 4 is 11.6 Å². The van der Waals surface area contributed by atoms with E-state index in [0.29, 0.717) is 17.9 Å². The van der Waals surface area contributed by atoms with E-state index >= 15 is 0 Å². The normalized spacial score (nSPS) is 10.7. The Morgan fingerprint density at radius 3 is 2.70 bits per heavy atom. The molecule has 0 amide bonds. The molecular formula is C22H19N5. The van der Waals surface area contributed by atoms with Crippen LogP contribution < -0.4 is 5.32 Å². The van der Waals surface area contributed by atoms with Crippen molar-refractivity contribution in [2.45, 2.75) is 19.9 Å². The number of anilines is 1. The number of nitriles is 1. The van der Waals surface area contributed by atoms with Crippen molar-refractivity contribution in [3.05, 3.63) is 83.8 Å². The van der Waals surface area contributed by atoms with Crippen LogP contribution >= 0.6 is 0 Å². The molecule has 2 aromatic heterocycles. The van der Waals surface area contributed by atoms with Gasteiger partial charge in [0.15, 0.2) is 0 Å². The fourth-order valence-corrected chi connectivity index (χ4v) is 3.10. The third kappa shape index (κ3) is 3.38. The fourth-order valence-electron chi connectivity index (χ4n) is 3.10. The van der Waals surface area contributed by atoms with Crippen LogP contribution in [-0.2, 0) is 13.0 Å². The molecule has 2 heterocycles. The van der Waals surface area contributed by atoms with E-state index in [4.69, 9.17) is 0 Å². The van der Waals surface area contributed by atoms with Gasteiger partial charge in [0, 0.05) is 30.7 Å². The van der Waals surface area contributed by atoms with Crippen LogP contribution in [0, 0.1) is 11.3 Å². The van der Waals surface area contributed by atoms with E-state index < -0.39 is 0 Å². The molecule has 2 aromatic carbocycles. The van der Waals surface area contributed by atoms with Gasteiger partial charge in [-0.2, -0.15) is 5.26 Å². The van der Waals surface area contributed by atoms with E-state index in [1.54, 1.807) is 6.20 Å². The Kier molecular flexibility index (Phi) is 4.54. The van der Waals surface area contributed by atoms with Gasteiger partial charge in [0.05, 0.1) is 11.6 Å². The second kappa shape index (κ2) is 7.30. The highest BCUT2D eigenvalue weighted by molar-refractivity contribution is 5.70. The average Bonchev–Trinajstić information content (AvgIpc) is 3.21. The number of aryl methyl sites for hydroxylation is 1. The molecule has 0 radical (unpaired) electrons. The summed E-state index contributed by atoms with van der Waals surface area (Å²) in [5, 5.41) is 12.8. The first-order valence-corrected chi connectivity index (χ1v) is 8.94. The fraction of sp³-hybridized carbons (Fsp3) is 0.136. The molecule has 1 N–H and O–H groups in total. The van der Waals surface area contributed by atoms with E-state index in [1.807, 2.05) is 34.9 Å². The lowest BCUT2D eigenvalue weighted by atomic mass is 9.99. The lowest BCUT2D eigenvalue weighted by Gasteiger charge is -2.11. The summed E-state index contributed by atoms with van der Waals surface area (Å²) in [4.78, 5) is 8.81. The smallest absolute Gasteiger partial charge is 0.235 e. The molecule has 0 saturated carbocycles. The molecule has 0 spiro atoms. The molecule has 0 fully saturated rings. The van der Waals surface area contributed by atoms with Crippen LogP contribution in [0.3, 0.4) is 0 Å². The van der Waals surface area contributed by atoms with Crippen LogP contribution in [0.4, 0.5) is 5.82 Å². The Bertz CT molecular complexity index is 1120. The van der Waals surface area contributed by atoms with E-state index in [-0.39, 0.29) is 0 Å². The lowest BCUT2D eigenvalue weighted by Crippen LogP contribution is -2.06. The van der Waals surface area contributed by atoms with Gasteiger partial charge in [-0.1, -0.05) is 49.4 Å². The minimum absolute atomic E-state index is 0.690. The first kappa shape index (κ1) is 16.8. The van der Waals surface area contributed by atoms with Crippen molar-refractivity contribution in [3.63, 3.8) is 0 Å². The second-order valence-corrected chi connectivity index (χ2v) is 6.29. The third-order valence-electron chi connectivity index (χ3n) is 4.58. The summed E-state index contributed by atoms with van der Waals surface area (Å²) in [5.74, 6) is 1.69. The molecule has 0 bridgehead atoms. The van der Waals surface area contributed by atoms with E-state index in [9.17, 15) is 5.26 Å². The molecule has 5 nitrogen and oxygen atoms in total. The van der Waals surface area contributed by atoms with Gasteiger partial charge >= 0.3 is 0 Å². The highest BCUT2D eigenvalue weighted by atomic mass is 15.2. The van der Waals surface area contributed by atoms with Gasteiger partial charge in [-0.3, -0.25) is 4.40 Å². The molecular weight excluding hydrogens is 334 g/mol. The number of fused-ring (bicyclic) bond motifs is 1. The van der Waals surface area contributed by atoms with Crippen LogP contribution in [0.2, 0.25) is 0 Å². The van der Waals surface area contributed by atoms with Crippen molar-refractivity contribution < 1.29 is 0 Å². The Morgan fingerprint density at radius 2 is 1.93 bits per heavy atom. The Morgan fingerprint density at radius 1 is 1.11 bits per heavy atom. The quantitative estimate of drug-likeness (QED) is 0.576. The molecule has 0 saturated heterocycles. The zero-order valence-electron chi connectivity index (χ0n) is 15.1. The van der Waals surface area contributed by atoms with E-state index in [1.165, 1.54) is 0 Å². The summed E-state index contributed by atoms with van der Waals surface area (Å²) >= 11 is 0. The average molecular weight is 353 g/mol. The topological polar surface area (TPSA) is 66.0 Å². The zero-order valence-corrected chi connectivity index (χ0v) is 15.1. The maximum absolute atomic E-state index is 9.28. The van der Waals surface area contributed by atoms with Crippen molar-refractivity contribution in [1.29, 1.82) is 5.26 Å². The monoisotopic (exact) mass is 353 g/mol. The van der Waals surface area contributed by atoms with Gasteiger partial charge in [0.25, 0.3) is 0 Å². The molecule has 0 atom stereocenters. The molecule has 5 heteroatoms. The van der Waals surface area contributed by atoms with Gasteiger partial charge in [-0.25, -0.2) is 9.97 Å². The molecule has 27 heavy (non-hydrogen) atoms. The highest BCUT2D eigenvalue weighted by Gasteiger charge is 2.06. The first-order chi connectivity index (χ1) is 13.3. The molecule has 132 valence electrons. The molecule has 4 aromatic rings. The number of nitrogens with one attached hydrogen (secondary N) is 1.